The summed E-state index contributed by atoms with van der Waals surface area (Å²) in [7, 11) is 0. The molecular formula is C27H21N3O4. The van der Waals surface area contributed by atoms with Gasteiger partial charge in [0.05, 0.1) is 17.3 Å². The summed E-state index contributed by atoms with van der Waals surface area (Å²) in [5.41, 5.74) is 2.17. The van der Waals surface area contributed by atoms with Crippen LogP contribution in [0.3, 0.4) is 0 Å². The molecule has 168 valence electrons. The van der Waals surface area contributed by atoms with Crippen LogP contribution in [-0.4, -0.2) is 26.7 Å². The Morgan fingerprint density at radius 3 is 2.41 bits per heavy atom. The van der Waals surface area contributed by atoms with Crippen molar-refractivity contribution in [1.82, 2.24) is 15.0 Å². The highest BCUT2D eigenvalue weighted by Crippen LogP contribution is 2.27. The molecule has 0 spiro atoms. The van der Waals surface area contributed by atoms with Crippen LogP contribution in [-0.2, 0) is 16.0 Å². The molecule has 0 aliphatic carbocycles. The fourth-order valence-electron chi connectivity index (χ4n) is 3.98. The van der Waals surface area contributed by atoms with Crippen molar-refractivity contribution in [2.75, 3.05) is 0 Å². The monoisotopic (exact) mass is 451 g/mol. The fourth-order valence-corrected chi connectivity index (χ4v) is 3.98. The maximum absolute atomic E-state index is 13.5. The summed E-state index contributed by atoms with van der Waals surface area (Å²) in [6.07, 6.45) is 0.699. The molecule has 0 amide bonds. The molecule has 5 rings (SSSR count). The number of ether oxygens (including phenoxy) is 1. The smallest absolute Gasteiger partial charge is 0.307 e. The van der Waals surface area contributed by atoms with Crippen molar-refractivity contribution in [3.8, 4) is 0 Å². The largest absolute Gasteiger partial charge is 0.449 e. The number of carbonyl (C=O) groups excluding carboxylic acids is 2. The lowest BCUT2D eigenvalue weighted by Gasteiger charge is -2.17. The Bertz CT molecular complexity index is 1550. The Morgan fingerprint density at radius 1 is 0.882 bits per heavy atom. The van der Waals surface area contributed by atoms with Gasteiger partial charge in [0.2, 0.25) is 5.78 Å². The fraction of sp³-hybridized carbons (Fsp3) is 0.111. The van der Waals surface area contributed by atoms with Crippen LogP contribution in [0.25, 0.3) is 21.8 Å². The molecule has 1 atom stereocenters. The van der Waals surface area contributed by atoms with Gasteiger partial charge in [0, 0.05) is 34.6 Å². The molecule has 0 aliphatic heterocycles. The Hall–Kier alpha value is -4.52. The van der Waals surface area contributed by atoms with Crippen LogP contribution in [0.2, 0.25) is 0 Å². The topological polar surface area (TPSA) is 105 Å². The van der Waals surface area contributed by atoms with Gasteiger partial charge in [0.15, 0.2) is 6.10 Å². The van der Waals surface area contributed by atoms with Crippen LogP contribution in [0, 0.1) is 0 Å². The van der Waals surface area contributed by atoms with Gasteiger partial charge in [-0.2, -0.15) is 0 Å². The number of aromatic nitrogens is 3. The highest BCUT2D eigenvalue weighted by atomic mass is 16.5. The molecule has 0 radical (unpaired) electrons. The zero-order chi connectivity index (χ0) is 23.5. The molecule has 7 heteroatoms. The van der Waals surface area contributed by atoms with Crippen molar-refractivity contribution < 1.29 is 14.3 Å². The number of para-hydroxylation sites is 2. The van der Waals surface area contributed by atoms with Gasteiger partial charge in [-0.05, 0) is 18.2 Å². The van der Waals surface area contributed by atoms with E-state index < -0.39 is 12.1 Å². The number of Topliss-reactive ketones (excluding diaryl/α,β-unsaturated/α-hetero) is 1. The zero-order valence-electron chi connectivity index (χ0n) is 18.2. The number of aromatic amines is 2. The number of carbonyl (C=O) groups is 2. The third-order valence-corrected chi connectivity index (χ3v) is 5.67. The Labute approximate surface area is 194 Å². The van der Waals surface area contributed by atoms with Gasteiger partial charge in [-0.25, -0.2) is 4.98 Å². The second kappa shape index (κ2) is 9.15. The number of hydrogen-bond acceptors (Lipinski definition) is 5. The number of fused-ring (bicyclic) bond motifs is 2. The van der Waals surface area contributed by atoms with Crippen molar-refractivity contribution in [3.05, 3.63) is 112 Å². The molecule has 0 unspecified atom stereocenters. The summed E-state index contributed by atoms with van der Waals surface area (Å²) in [4.78, 5) is 48.7. The average molecular weight is 451 g/mol. The van der Waals surface area contributed by atoms with Gasteiger partial charge >= 0.3 is 5.97 Å². The van der Waals surface area contributed by atoms with E-state index >= 15 is 0 Å². The second-order valence-corrected chi connectivity index (χ2v) is 7.92. The van der Waals surface area contributed by atoms with Gasteiger partial charge in [0.25, 0.3) is 5.56 Å². The highest BCUT2D eigenvalue weighted by Gasteiger charge is 2.28. The number of nitrogens with zero attached hydrogens (tertiary/aromatic N) is 1. The number of benzene rings is 3. The molecule has 7 nitrogen and oxygen atoms in total. The van der Waals surface area contributed by atoms with E-state index in [0.717, 1.165) is 10.9 Å². The SMILES string of the molecule is O=C(CCc1nc2ccccc2c(=O)[nH]1)O[C@@H](C(=O)c1c[nH]c2ccccc12)c1ccccc1. The first-order valence-corrected chi connectivity index (χ1v) is 10.9. The number of aryl methyl sites for hydroxylation is 1. The summed E-state index contributed by atoms with van der Waals surface area (Å²) in [6.45, 7) is 0. The molecule has 2 aromatic heterocycles. The van der Waals surface area contributed by atoms with Gasteiger partial charge in [0.1, 0.15) is 5.82 Å². The summed E-state index contributed by atoms with van der Waals surface area (Å²) in [6, 6.07) is 23.4. The van der Waals surface area contributed by atoms with E-state index in [2.05, 4.69) is 15.0 Å². The molecule has 0 fully saturated rings. The summed E-state index contributed by atoms with van der Waals surface area (Å²) < 4.78 is 5.69. The van der Waals surface area contributed by atoms with E-state index in [0.29, 0.717) is 27.9 Å². The molecule has 34 heavy (non-hydrogen) atoms. The molecular weight excluding hydrogens is 430 g/mol. The van der Waals surface area contributed by atoms with Crippen LogP contribution < -0.4 is 5.56 Å². The van der Waals surface area contributed by atoms with Gasteiger partial charge in [-0.1, -0.05) is 60.7 Å². The molecule has 5 aromatic rings. The first-order chi connectivity index (χ1) is 16.6. The van der Waals surface area contributed by atoms with Crippen LogP contribution in [0.4, 0.5) is 0 Å². The van der Waals surface area contributed by atoms with E-state index in [-0.39, 0.29) is 24.2 Å². The quantitative estimate of drug-likeness (QED) is 0.280. The minimum absolute atomic E-state index is 0.0359. The molecule has 3 aromatic carbocycles. The molecule has 0 saturated carbocycles. The van der Waals surface area contributed by atoms with Crippen LogP contribution in [0.1, 0.15) is 34.3 Å². The summed E-state index contributed by atoms with van der Waals surface area (Å²) >= 11 is 0. The van der Waals surface area contributed by atoms with Crippen molar-refractivity contribution in [1.29, 1.82) is 0 Å². The number of nitrogens with one attached hydrogen (secondary N) is 2. The number of H-pyrrole nitrogens is 2. The first kappa shape index (κ1) is 21.3. The maximum atomic E-state index is 13.5. The van der Waals surface area contributed by atoms with Gasteiger partial charge in [-0.3, -0.25) is 14.4 Å². The van der Waals surface area contributed by atoms with Crippen molar-refractivity contribution in [3.63, 3.8) is 0 Å². The molecule has 0 saturated heterocycles. The van der Waals surface area contributed by atoms with Crippen molar-refractivity contribution in [2.45, 2.75) is 18.9 Å². The minimum Gasteiger partial charge on any atom is -0.449 e. The predicted octanol–water partition coefficient (Wildman–Crippen LogP) is 4.50. The van der Waals surface area contributed by atoms with Crippen molar-refractivity contribution >= 4 is 33.6 Å². The normalized spacial score (nSPS) is 12.0. The predicted molar refractivity (Wildman–Crippen MR) is 129 cm³/mol. The lowest BCUT2D eigenvalue weighted by molar-refractivity contribution is -0.147. The molecule has 2 heterocycles. The van der Waals surface area contributed by atoms with E-state index in [1.807, 2.05) is 30.3 Å². The standard InChI is InChI=1S/C27H21N3O4/c31-24(15-14-23-29-22-13-7-5-11-19(22)27(33)30-23)34-26(17-8-2-1-3-9-17)25(32)20-16-28-21-12-6-4-10-18(20)21/h1-13,16,26,28H,14-15H2,(H,29,30,33)/t26-/m1/s1. The van der Waals surface area contributed by atoms with Crippen LogP contribution in [0.5, 0.6) is 0 Å². The zero-order valence-corrected chi connectivity index (χ0v) is 18.2. The third kappa shape index (κ3) is 4.23. The lowest BCUT2D eigenvalue weighted by atomic mass is 9.99. The van der Waals surface area contributed by atoms with E-state index in [1.165, 1.54) is 0 Å². The number of hydrogen-bond donors (Lipinski definition) is 2. The average Bonchev–Trinajstić information content (AvgIpc) is 3.30. The Balaban J connectivity index is 1.37. The molecule has 0 aliphatic rings. The lowest BCUT2D eigenvalue weighted by Crippen LogP contribution is -2.21. The second-order valence-electron chi connectivity index (χ2n) is 7.92. The number of ketones is 1. The first-order valence-electron chi connectivity index (χ1n) is 10.9. The minimum atomic E-state index is -1.09. The van der Waals surface area contributed by atoms with Crippen molar-refractivity contribution in [2.24, 2.45) is 0 Å². The van der Waals surface area contributed by atoms with E-state index in [1.54, 1.807) is 54.7 Å². The molecule has 2 N–H and O–H groups in total. The van der Waals surface area contributed by atoms with E-state index in [4.69, 9.17) is 4.74 Å². The summed E-state index contributed by atoms with van der Waals surface area (Å²) in [5.74, 6) is -0.480. The van der Waals surface area contributed by atoms with Crippen LogP contribution >= 0.6 is 0 Å². The number of esters is 1. The molecule has 0 bridgehead atoms. The Morgan fingerprint density at radius 2 is 1.59 bits per heavy atom. The third-order valence-electron chi connectivity index (χ3n) is 5.67. The van der Waals surface area contributed by atoms with E-state index in [9.17, 15) is 14.4 Å². The maximum Gasteiger partial charge on any atom is 0.307 e. The Kier molecular flexibility index (Phi) is 5.74. The summed E-state index contributed by atoms with van der Waals surface area (Å²) in [5, 5.41) is 1.25. The van der Waals surface area contributed by atoms with Gasteiger partial charge in [-0.15, -0.1) is 0 Å². The van der Waals surface area contributed by atoms with Crippen LogP contribution in [0.15, 0.2) is 89.9 Å². The van der Waals surface area contributed by atoms with Gasteiger partial charge < -0.3 is 14.7 Å². The number of rotatable bonds is 7. The highest BCUT2D eigenvalue weighted by molar-refractivity contribution is 6.10.